The van der Waals surface area contributed by atoms with E-state index in [1.54, 1.807) is 21.3 Å². The topological polar surface area (TPSA) is 69.7 Å². The first-order valence-corrected chi connectivity index (χ1v) is 10.3. The molecule has 164 valence electrons. The number of allylic oxidation sites excluding steroid dienone is 2. The van der Waals surface area contributed by atoms with Crippen molar-refractivity contribution >= 4 is 0 Å². The van der Waals surface area contributed by atoms with E-state index in [0.717, 1.165) is 24.0 Å². The fourth-order valence-corrected chi connectivity index (χ4v) is 4.63. The zero-order valence-corrected chi connectivity index (χ0v) is 18.5. The summed E-state index contributed by atoms with van der Waals surface area (Å²) in [6.45, 7) is 10.4. The first-order valence-electron chi connectivity index (χ1n) is 10.3. The minimum Gasteiger partial charge on any atom is -0.390 e. The van der Waals surface area contributed by atoms with Crippen LogP contribution in [0.2, 0.25) is 0 Å². The smallest absolute Gasteiger partial charge is 0.183 e. The second-order valence-corrected chi connectivity index (χ2v) is 9.09. The molecule has 6 nitrogen and oxygen atoms in total. The number of epoxide rings is 1. The van der Waals surface area contributed by atoms with Gasteiger partial charge in [0, 0.05) is 27.2 Å². The molecule has 3 rings (SSSR count). The minimum atomic E-state index is -0.557. The summed E-state index contributed by atoms with van der Waals surface area (Å²) in [5, 5.41) is 10.6. The van der Waals surface area contributed by atoms with Crippen molar-refractivity contribution in [3.05, 3.63) is 36.0 Å². The van der Waals surface area contributed by atoms with Gasteiger partial charge >= 0.3 is 0 Å². The Balaban J connectivity index is 1.96. The Morgan fingerprint density at radius 2 is 1.97 bits per heavy atom. The predicted molar refractivity (Wildman–Crippen MR) is 110 cm³/mol. The molecule has 3 fully saturated rings. The van der Waals surface area contributed by atoms with Crippen molar-refractivity contribution < 1.29 is 28.8 Å². The Bertz CT molecular complexity index is 668. The normalized spacial score (nSPS) is 42.2. The highest BCUT2D eigenvalue weighted by atomic mass is 16.8. The van der Waals surface area contributed by atoms with E-state index in [2.05, 4.69) is 19.6 Å². The van der Waals surface area contributed by atoms with Gasteiger partial charge in [0.15, 0.2) is 12.6 Å². The molecule has 0 aromatic heterocycles. The van der Waals surface area contributed by atoms with Gasteiger partial charge in [0.1, 0.15) is 6.10 Å². The SMILES string of the molecule is C=C1C[C@@H](O)[C@@H]2O[C@@]2(C)CC[C@@H]2C(=C/C=C/C(C)(C)OC)[C@@H](OC)O[C@H](OC)[C@@H]12. The molecule has 0 spiro atoms. The fraction of sp³-hybridized carbons (Fsp3) is 0.739. The number of rotatable bonds is 5. The highest BCUT2D eigenvalue weighted by Gasteiger charge is 2.58. The third-order valence-electron chi connectivity index (χ3n) is 6.63. The third-order valence-corrected chi connectivity index (χ3v) is 6.63. The van der Waals surface area contributed by atoms with Crippen LogP contribution in [0.15, 0.2) is 36.0 Å². The molecule has 1 saturated carbocycles. The average Bonchev–Trinajstić information content (AvgIpc) is 3.36. The molecule has 0 bridgehead atoms. The molecule has 2 aliphatic heterocycles. The first kappa shape index (κ1) is 22.7. The molecular weight excluding hydrogens is 372 g/mol. The Kier molecular flexibility index (Phi) is 6.73. The number of methoxy groups -OCH3 is 3. The minimum absolute atomic E-state index is 0.0581. The molecule has 0 aromatic rings. The molecule has 0 unspecified atom stereocenters. The van der Waals surface area contributed by atoms with Crippen molar-refractivity contribution in [2.24, 2.45) is 11.8 Å². The monoisotopic (exact) mass is 408 g/mol. The lowest BCUT2D eigenvalue weighted by Crippen LogP contribution is -2.45. The van der Waals surface area contributed by atoms with E-state index >= 15 is 0 Å². The number of hydrogen-bond acceptors (Lipinski definition) is 6. The van der Waals surface area contributed by atoms with Crippen molar-refractivity contribution in [2.45, 2.75) is 76.0 Å². The maximum atomic E-state index is 10.6. The Labute approximate surface area is 174 Å². The number of fused-ring (bicyclic) bond motifs is 2. The molecule has 29 heavy (non-hydrogen) atoms. The van der Waals surface area contributed by atoms with Gasteiger partial charge in [-0.15, -0.1) is 0 Å². The van der Waals surface area contributed by atoms with E-state index in [9.17, 15) is 5.11 Å². The zero-order chi connectivity index (χ0) is 21.4. The van der Waals surface area contributed by atoms with Gasteiger partial charge in [-0.25, -0.2) is 0 Å². The molecule has 2 heterocycles. The van der Waals surface area contributed by atoms with Gasteiger partial charge in [0.05, 0.1) is 17.3 Å². The number of hydrogen-bond donors (Lipinski definition) is 1. The van der Waals surface area contributed by atoms with Gasteiger partial charge in [-0.1, -0.05) is 30.4 Å². The Morgan fingerprint density at radius 1 is 1.24 bits per heavy atom. The predicted octanol–water partition coefficient (Wildman–Crippen LogP) is 3.36. The summed E-state index contributed by atoms with van der Waals surface area (Å²) < 4.78 is 28.8. The van der Waals surface area contributed by atoms with Gasteiger partial charge in [0.25, 0.3) is 0 Å². The molecule has 1 N–H and O–H groups in total. The second-order valence-electron chi connectivity index (χ2n) is 9.09. The van der Waals surface area contributed by atoms with E-state index in [4.69, 9.17) is 23.7 Å². The first-order chi connectivity index (χ1) is 13.7. The molecule has 0 radical (unpaired) electrons. The van der Waals surface area contributed by atoms with Crippen molar-refractivity contribution in [3.63, 3.8) is 0 Å². The standard InChI is InChI=1S/C23H36O6/c1-14-13-17(24)19-23(4,29-19)12-10-15-16(9-8-11-22(2,3)27-7)20(25-5)28-21(26-6)18(14)15/h8-9,11,15,17-21,24H,1,10,12-13H2,2-7H3/b11-8+,16-9?/t15-,17-,18+,19+,20+,21+,23+/m1/s1. The van der Waals surface area contributed by atoms with Crippen molar-refractivity contribution in [1.29, 1.82) is 0 Å². The quantitative estimate of drug-likeness (QED) is 0.556. The van der Waals surface area contributed by atoms with Crippen LogP contribution in [0, 0.1) is 11.8 Å². The van der Waals surface area contributed by atoms with Crippen LogP contribution in [0.3, 0.4) is 0 Å². The molecule has 1 aliphatic carbocycles. The summed E-state index contributed by atoms with van der Waals surface area (Å²) >= 11 is 0. The van der Waals surface area contributed by atoms with E-state index in [-0.39, 0.29) is 29.1 Å². The van der Waals surface area contributed by atoms with Crippen LogP contribution >= 0.6 is 0 Å². The van der Waals surface area contributed by atoms with Crippen molar-refractivity contribution in [3.8, 4) is 0 Å². The molecule has 2 saturated heterocycles. The molecule has 3 aliphatic rings. The van der Waals surface area contributed by atoms with Crippen molar-refractivity contribution in [1.82, 2.24) is 0 Å². The summed E-state index contributed by atoms with van der Waals surface area (Å²) in [5.74, 6) is 0.0608. The van der Waals surface area contributed by atoms with E-state index in [0.29, 0.717) is 6.42 Å². The van der Waals surface area contributed by atoms with Gasteiger partial charge in [-0.05, 0) is 51.5 Å². The highest BCUT2D eigenvalue weighted by molar-refractivity contribution is 5.27. The summed E-state index contributed by atoms with van der Waals surface area (Å²) in [4.78, 5) is 0. The molecule has 6 heteroatoms. The lowest BCUT2D eigenvalue weighted by molar-refractivity contribution is -0.257. The van der Waals surface area contributed by atoms with Crippen LogP contribution < -0.4 is 0 Å². The summed E-state index contributed by atoms with van der Waals surface area (Å²) in [5.41, 5.74) is 1.33. The van der Waals surface area contributed by atoms with Gasteiger partial charge in [-0.3, -0.25) is 0 Å². The molecule has 7 atom stereocenters. The van der Waals surface area contributed by atoms with E-state index < -0.39 is 18.7 Å². The summed E-state index contributed by atoms with van der Waals surface area (Å²) in [7, 11) is 4.98. The maximum absolute atomic E-state index is 10.6. The molecule has 0 amide bonds. The van der Waals surface area contributed by atoms with Crippen LogP contribution in [-0.4, -0.2) is 62.4 Å². The van der Waals surface area contributed by atoms with E-state index in [1.807, 2.05) is 26.0 Å². The van der Waals surface area contributed by atoms with Crippen LogP contribution in [0.5, 0.6) is 0 Å². The fourth-order valence-electron chi connectivity index (χ4n) is 4.63. The van der Waals surface area contributed by atoms with Crippen LogP contribution in [0.1, 0.15) is 40.0 Å². The Hall–Kier alpha value is -1.02. The molecular formula is C23H36O6. The average molecular weight is 409 g/mol. The highest BCUT2D eigenvalue weighted by Crippen LogP contribution is 2.51. The second kappa shape index (κ2) is 8.61. The van der Waals surface area contributed by atoms with Crippen LogP contribution in [-0.2, 0) is 23.7 Å². The lowest BCUT2D eigenvalue weighted by atomic mass is 9.74. The number of aliphatic hydroxyl groups excluding tert-OH is 1. The lowest BCUT2D eigenvalue weighted by Gasteiger charge is -2.43. The van der Waals surface area contributed by atoms with Gasteiger partial charge in [0.2, 0.25) is 0 Å². The van der Waals surface area contributed by atoms with Crippen molar-refractivity contribution in [2.75, 3.05) is 21.3 Å². The van der Waals surface area contributed by atoms with Gasteiger partial charge < -0.3 is 28.8 Å². The van der Waals surface area contributed by atoms with Crippen LogP contribution in [0.4, 0.5) is 0 Å². The molecule has 0 aromatic carbocycles. The Morgan fingerprint density at radius 3 is 2.59 bits per heavy atom. The maximum Gasteiger partial charge on any atom is 0.183 e. The van der Waals surface area contributed by atoms with Crippen LogP contribution in [0.25, 0.3) is 0 Å². The summed E-state index contributed by atoms with van der Waals surface area (Å²) in [6.07, 6.45) is 6.62. The zero-order valence-electron chi connectivity index (χ0n) is 18.5. The van der Waals surface area contributed by atoms with E-state index in [1.165, 1.54) is 0 Å². The number of ether oxygens (including phenoxy) is 5. The van der Waals surface area contributed by atoms with Gasteiger partial charge in [-0.2, -0.15) is 0 Å². The largest absolute Gasteiger partial charge is 0.390 e. The summed E-state index contributed by atoms with van der Waals surface area (Å²) in [6, 6.07) is 0. The third kappa shape index (κ3) is 4.68. The number of aliphatic hydroxyl groups is 1.